The van der Waals surface area contributed by atoms with Crippen LogP contribution in [-0.2, 0) is 0 Å². The van der Waals surface area contributed by atoms with Gasteiger partial charge in [0, 0.05) is 18.1 Å². The third-order valence-electron chi connectivity index (χ3n) is 5.10. The number of nitrogens with one attached hydrogen (secondary N) is 1. The van der Waals surface area contributed by atoms with E-state index in [9.17, 15) is 0 Å². The van der Waals surface area contributed by atoms with Crippen molar-refractivity contribution in [1.29, 1.82) is 0 Å². The van der Waals surface area contributed by atoms with E-state index in [-0.39, 0.29) is 0 Å². The standard InChI is InChI=1S/C18H27ClN2/c1-3-10-20-14-11-15-7-5-8-16(12-14)21(15)18-13(2)6-4-9-17(18)19/h4,6,9,14-16,20H,3,5,7-8,10-12H2,1-2H3. The van der Waals surface area contributed by atoms with Crippen molar-refractivity contribution in [2.24, 2.45) is 0 Å². The molecule has 0 spiro atoms. The maximum absolute atomic E-state index is 6.54. The third kappa shape index (κ3) is 3.07. The Hall–Kier alpha value is -0.730. The Labute approximate surface area is 133 Å². The van der Waals surface area contributed by atoms with Gasteiger partial charge in [0.1, 0.15) is 0 Å². The predicted octanol–water partition coefficient (Wildman–Crippen LogP) is 4.54. The summed E-state index contributed by atoms with van der Waals surface area (Å²) >= 11 is 6.54. The largest absolute Gasteiger partial charge is 0.364 e. The molecule has 2 saturated heterocycles. The van der Waals surface area contributed by atoms with Crippen LogP contribution in [0.5, 0.6) is 0 Å². The summed E-state index contributed by atoms with van der Waals surface area (Å²) in [6.45, 7) is 5.59. The monoisotopic (exact) mass is 306 g/mol. The molecule has 3 rings (SSSR count). The lowest BCUT2D eigenvalue weighted by atomic mass is 9.81. The van der Waals surface area contributed by atoms with E-state index in [2.05, 4.69) is 36.2 Å². The van der Waals surface area contributed by atoms with Crippen LogP contribution in [0.25, 0.3) is 0 Å². The van der Waals surface area contributed by atoms with Crippen molar-refractivity contribution >= 4 is 17.3 Å². The minimum absolute atomic E-state index is 0.658. The van der Waals surface area contributed by atoms with Crippen LogP contribution in [0.3, 0.4) is 0 Å². The molecule has 2 fully saturated rings. The number of piperidine rings is 2. The summed E-state index contributed by atoms with van der Waals surface area (Å²) in [6.07, 6.45) is 7.74. The molecule has 0 aliphatic carbocycles. The second-order valence-electron chi connectivity index (χ2n) is 6.67. The first-order valence-electron chi connectivity index (χ1n) is 8.47. The molecular formula is C18H27ClN2. The van der Waals surface area contributed by atoms with Crippen molar-refractivity contribution in [3.8, 4) is 0 Å². The number of benzene rings is 1. The molecule has 116 valence electrons. The SMILES string of the molecule is CCCNC1CC2CCCC(C1)N2c1c(C)cccc1Cl. The fourth-order valence-electron chi connectivity index (χ4n) is 4.21. The van der Waals surface area contributed by atoms with Gasteiger partial charge < -0.3 is 10.2 Å². The van der Waals surface area contributed by atoms with Gasteiger partial charge in [-0.05, 0) is 63.6 Å². The van der Waals surface area contributed by atoms with Crippen LogP contribution in [0.4, 0.5) is 5.69 Å². The van der Waals surface area contributed by atoms with Gasteiger partial charge in [-0.1, -0.05) is 30.7 Å². The van der Waals surface area contributed by atoms with Gasteiger partial charge in [-0.3, -0.25) is 0 Å². The highest BCUT2D eigenvalue weighted by atomic mass is 35.5. The van der Waals surface area contributed by atoms with Crippen molar-refractivity contribution in [3.05, 3.63) is 28.8 Å². The van der Waals surface area contributed by atoms with Gasteiger partial charge in [0.25, 0.3) is 0 Å². The highest BCUT2D eigenvalue weighted by molar-refractivity contribution is 6.33. The Balaban J connectivity index is 1.84. The van der Waals surface area contributed by atoms with Crippen LogP contribution in [-0.4, -0.2) is 24.7 Å². The molecule has 0 saturated carbocycles. The van der Waals surface area contributed by atoms with Gasteiger partial charge in [0.2, 0.25) is 0 Å². The summed E-state index contributed by atoms with van der Waals surface area (Å²) in [5.41, 5.74) is 2.61. The number of rotatable bonds is 4. The van der Waals surface area contributed by atoms with Gasteiger partial charge in [-0.15, -0.1) is 0 Å². The van der Waals surface area contributed by atoms with Crippen LogP contribution in [0, 0.1) is 6.92 Å². The molecule has 2 bridgehead atoms. The molecule has 2 heterocycles. The second-order valence-corrected chi connectivity index (χ2v) is 7.08. The van der Waals surface area contributed by atoms with Crippen LogP contribution >= 0.6 is 11.6 Å². The molecule has 2 aliphatic heterocycles. The maximum Gasteiger partial charge on any atom is 0.0642 e. The van der Waals surface area contributed by atoms with Gasteiger partial charge in [-0.25, -0.2) is 0 Å². The van der Waals surface area contributed by atoms with E-state index in [4.69, 9.17) is 11.6 Å². The summed E-state index contributed by atoms with van der Waals surface area (Å²) in [7, 11) is 0. The van der Waals surface area contributed by atoms with Gasteiger partial charge in [0.15, 0.2) is 0 Å². The smallest absolute Gasteiger partial charge is 0.0642 e. The predicted molar refractivity (Wildman–Crippen MR) is 91.4 cm³/mol. The molecule has 2 aliphatic rings. The fourth-order valence-corrected chi connectivity index (χ4v) is 4.53. The lowest BCUT2D eigenvalue weighted by molar-refractivity contribution is 0.245. The Kier molecular flexibility index (Phi) is 4.75. The van der Waals surface area contributed by atoms with Gasteiger partial charge >= 0.3 is 0 Å². The number of aryl methyl sites for hydroxylation is 1. The van der Waals surface area contributed by atoms with Gasteiger partial charge in [-0.2, -0.15) is 0 Å². The molecule has 2 unspecified atom stereocenters. The molecule has 0 amide bonds. The number of halogens is 1. The van der Waals surface area contributed by atoms with Crippen LogP contribution in [0.15, 0.2) is 18.2 Å². The zero-order valence-electron chi connectivity index (χ0n) is 13.2. The number of hydrogen-bond acceptors (Lipinski definition) is 2. The number of fused-ring (bicyclic) bond motifs is 2. The molecule has 21 heavy (non-hydrogen) atoms. The fraction of sp³-hybridized carbons (Fsp3) is 0.667. The molecule has 0 aromatic heterocycles. The first-order chi connectivity index (χ1) is 10.2. The minimum Gasteiger partial charge on any atom is -0.364 e. The highest BCUT2D eigenvalue weighted by Gasteiger charge is 2.39. The average molecular weight is 307 g/mol. The number of anilines is 1. The molecule has 0 radical (unpaired) electrons. The second kappa shape index (κ2) is 6.58. The molecule has 2 atom stereocenters. The molecule has 1 aromatic rings. The number of nitrogens with zero attached hydrogens (tertiary/aromatic N) is 1. The summed E-state index contributed by atoms with van der Waals surface area (Å²) in [5.74, 6) is 0. The topological polar surface area (TPSA) is 15.3 Å². The Bertz CT molecular complexity index is 454. The van der Waals surface area contributed by atoms with Crippen molar-refractivity contribution in [2.75, 3.05) is 11.4 Å². The van der Waals surface area contributed by atoms with E-state index >= 15 is 0 Å². The van der Waals surface area contributed by atoms with Gasteiger partial charge in [0.05, 0.1) is 10.7 Å². The Morgan fingerprint density at radius 3 is 2.57 bits per heavy atom. The average Bonchev–Trinajstić information content (AvgIpc) is 2.45. The van der Waals surface area contributed by atoms with E-state index in [0.29, 0.717) is 18.1 Å². The van der Waals surface area contributed by atoms with E-state index in [1.54, 1.807) is 0 Å². The zero-order chi connectivity index (χ0) is 14.8. The first-order valence-corrected chi connectivity index (χ1v) is 8.85. The Morgan fingerprint density at radius 1 is 1.24 bits per heavy atom. The minimum atomic E-state index is 0.658. The molecule has 1 aromatic carbocycles. The number of hydrogen-bond donors (Lipinski definition) is 1. The normalized spacial score (nSPS) is 28.7. The molecule has 2 nitrogen and oxygen atoms in total. The van der Waals surface area contributed by atoms with Crippen molar-refractivity contribution in [1.82, 2.24) is 5.32 Å². The van der Waals surface area contributed by atoms with E-state index < -0.39 is 0 Å². The van der Waals surface area contributed by atoms with Crippen LogP contribution in [0.1, 0.15) is 51.0 Å². The first kappa shape index (κ1) is 15.2. The van der Waals surface area contributed by atoms with Crippen LogP contribution in [0.2, 0.25) is 5.02 Å². The third-order valence-corrected chi connectivity index (χ3v) is 5.41. The van der Waals surface area contributed by atoms with E-state index in [1.807, 2.05) is 6.07 Å². The quantitative estimate of drug-likeness (QED) is 0.878. The zero-order valence-corrected chi connectivity index (χ0v) is 14.0. The summed E-state index contributed by atoms with van der Waals surface area (Å²) in [6, 6.07) is 8.31. The lowest BCUT2D eigenvalue weighted by Crippen LogP contribution is -2.56. The number of para-hydroxylation sites is 1. The molecule has 3 heteroatoms. The lowest BCUT2D eigenvalue weighted by Gasteiger charge is -2.51. The summed E-state index contributed by atoms with van der Waals surface area (Å²) in [5, 5.41) is 4.66. The highest BCUT2D eigenvalue weighted by Crippen LogP contribution is 2.42. The Morgan fingerprint density at radius 2 is 1.95 bits per heavy atom. The summed E-state index contributed by atoms with van der Waals surface area (Å²) in [4.78, 5) is 2.66. The molecular weight excluding hydrogens is 280 g/mol. The summed E-state index contributed by atoms with van der Waals surface area (Å²) < 4.78 is 0. The van der Waals surface area contributed by atoms with Crippen molar-refractivity contribution in [3.63, 3.8) is 0 Å². The van der Waals surface area contributed by atoms with E-state index in [1.165, 1.54) is 49.8 Å². The maximum atomic E-state index is 6.54. The van der Waals surface area contributed by atoms with Crippen molar-refractivity contribution in [2.45, 2.75) is 70.5 Å². The van der Waals surface area contributed by atoms with E-state index in [0.717, 1.165) is 11.6 Å². The molecule has 1 N–H and O–H groups in total. The van der Waals surface area contributed by atoms with Crippen molar-refractivity contribution < 1.29 is 0 Å². The van der Waals surface area contributed by atoms with Crippen LogP contribution < -0.4 is 10.2 Å².